The molecule has 1 amide bonds. The number of halogens is 5. The Morgan fingerprint density at radius 3 is 2.35 bits per heavy atom. The monoisotopic (exact) mass is 744 g/mol. The summed E-state index contributed by atoms with van der Waals surface area (Å²) < 4.78 is 151. The van der Waals surface area contributed by atoms with Gasteiger partial charge in [-0.15, -0.1) is 11.8 Å². The third kappa shape index (κ3) is 8.74. The highest BCUT2D eigenvalue weighted by Gasteiger charge is 2.31. The lowest BCUT2D eigenvalue weighted by Crippen LogP contribution is -2.48. The Labute approximate surface area is 315 Å². The van der Waals surface area contributed by atoms with Crippen molar-refractivity contribution in [3.05, 3.63) is 136 Å². The van der Waals surface area contributed by atoms with Gasteiger partial charge in [-0.25, -0.2) is 8.78 Å². The molecule has 1 aliphatic heterocycles. The van der Waals surface area contributed by atoms with Gasteiger partial charge in [0.05, 0.1) is 32.3 Å². The second-order valence-corrected chi connectivity index (χ2v) is 12.9. The van der Waals surface area contributed by atoms with Crippen molar-refractivity contribution in [2.75, 3.05) is 33.2 Å². The van der Waals surface area contributed by atoms with E-state index in [0.29, 0.717) is 11.1 Å². The van der Waals surface area contributed by atoms with Gasteiger partial charge in [-0.1, -0.05) is 60.7 Å². The summed E-state index contributed by atoms with van der Waals surface area (Å²) in [4.78, 5) is 30.4. The predicted molar refractivity (Wildman–Crippen MR) is 193 cm³/mol. The van der Waals surface area contributed by atoms with Gasteiger partial charge in [0.15, 0.2) is 17.1 Å². The zero-order chi connectivity index (χ0) is 44.7. The van der Waals surface area contributed by atoms with Gasteiger partial charge < -0.3 is 19.1 Å². The van der Waals surface area contributed by atoms with Gasteiger partial charge in [0.2, 0.25) is 5.91 Å². The maximum Gasteiger partial charge on any atom is 0.416 e. The Hall–Kier alpha value is -4.52. The zero-order valence-electron chi connectivity index (χ0n) is 36.4. The van der Waals surface area contributed by atoms with Crippen molar-refractivity contribution in [3.63, 3.8) is 0 Å². The number of para-hydroxylation sites is 1. The third-order valence-electron chi connectivity index (χ3n) is 8.59. The molecule has 0 unspecified atom stereocenters. The third-order valence-corrected chi connectivity index (χ3v) is 9.64. The molecule has 4 aromatic carbocycles. The summed E-state index contributed by atoms with van der Waals surface area (Å²) in [7, 11) is -2.88. The molecule has 0 N–H and O–H groups in total. The molecule has 52 heavy (non-hydrogen) atoms. The molecule has 2 heterocycles. The molecule has 1 aliphatic rings. The summed E-state index contributed by atoms with van der Waals surface area (Å²) in [5.74, 6) is -4.00. The summed E-state index contributed by atoms with van der Waals surface area (Å²) in [6.45, 7) is -9.41. The molecule has 0 radical (unpaired) electrons. The quantitative estimate of drug-likeness (QED) is 0.0950. The SMILES string of the molecule is [2H]C([2H])([2H])OCC([2H])([2H])N1CCC(N(C(=O)C([2H])([2H])n2c(SCc3cccc(F)c3F)cc(=O)c3ccccc32)C([2H])([2H])c2ccc(-c3ccc(C(F)(F)F)cc3)cc2)CC1. The number of hydrogen-bond donors (Lipinski definition) is 0. The van der Waals surface area contributed by atoms with E-state index < -0.39 is 73.9 Å². The number of hydrogen-bond acceptors (Lipinski definition) is 5. The molecule has 0 saturated carbocycles. The van der Waals surface area contributed by atoms with Gasteiger partial charge in [0.25, 0.3) is 0 Å². The Morgan fingerprint density at radius 1 is 0.962 bits per heavy atom. The van der Waals surface area contributed by atoms with Crippen LogP contribution in [-0.4, -0.2) is 59.5 Å². The molecule has 1 aromatic heterocycles. The first-order valence-electron chi connectivity index (χ1n) is 20.6. The molecule has 0 bridgehead atoms. The van der Waals surface area contributed by atoms with Gasteiger partial charge in [0.1, 0.15) is 6.50 Å². The van der Waals surface area contributed by atoms with Gasteiger partial charge in [0, 0.05) is 64.7 Å². The van der Waals surface area contributed by atoms with Crippen LogP contribution < -0.4 is 5.43 Å². The maximum absolute atomic E-state index is 15.1. The fourth-order valence-electron chi connectivity index (χ4n) is 5.87. The molecule has 0 atom stereocenters. The van der Waals surface area contributed by atoms with Crippen molar-refractivity contribution in [2.24, 2.45) is 0 Å². The fourth-order valence-corrected chi connectivity index (χ4v) is 6.86. The van der Waals surface area contributed by atoms with E-state index in [4.69, 9.17) is 11.6 Å². The molecule has 0 spiro atoms. The molecule has 0 aliphatic carbocycles. The average molecular weight is 745 g/mol. The normalized spacial score (nSPS) is 17.8. The number of amides is 1. The van der Waals surface area contributed by atoms with E-state index in [9.17, 15) is 32.2 Å². The number of benzene rings is 4. The van der Waals surface area contributed by atoms with Crippen LogP contribution in [0.1, 0.15) is 41.9 Å². The highest BCUT2D eigenvalue weighted by Crippen LogP contribution is 2.32. The van der Waals surface area contributed by atoms with Crippen LogP contribution in [-0.2, 0) is 34.5 Å². The van der Waals surface area contributed by atoms with Gasteiger partial charge in [-0.05, 0) is 59.9 Å². The lowest BCUT2D eigenvalue weighted by molar-refractivity contribution is -0.137. The topological polar surface area (TPSA) is 54.8 Å². The Morgan fingerprint density at radius 2 is 1.65 bits per heavy atom. The van der Waals surface area contributed by atoms with E-state index in [1.165, 1.54) is 77.7 Å². The summed E-state index contributed by atoms with van der Waals surface area (Å²) >= 11 is 0.748. The van der Waals surface area contributed by atoms with Crippen molar-refractivity contribution >= 4 is 28.6 Å². The summed E-state index contributed by atoms with van der Waals surface area (Å²) in [5, 5.41) is -0.159. The van der Waals surface area contributed by atoms with Gasteiger partial charge >= 0.3 is 6.18 Å². The van der Waals surface area contributed by atoms with E-state index in [1.807, 2.05) is 0 Å². The molecular weight excluding hydrogens is 698 g/mol. The van der Waals surface area contributed by atoms with Crippen LogP contribution in [0.5, 0.6) is 0 Å². The number of methoxy groups -OCH3 is 1. The summed E-state index contributed by atoms with van der Waals surface area (Å²) in [5.41, 5.74) is -0.963. The van der Waals surface area contributed by atoms with E-state index in [2.05, 4.69) is 0 Å². The number of aromatic nitrogens is 1. The van der Waals surface area contributed by atoms with Gasteiger partial charge in [-0.3, -0.25) is 9.59 Å². The van der Waals surface area contributed by atoms with Crippen LogP contribution in [0.25, 0.3) is 22.0 Å². The number of carbonyl (C=O) groups is 1. The highest BCUT2D eigenvalue weighted by atomic mass is 32.2. The van der Waals surface area contributed by atoms with E-state index in [-0.39, 0.29) is 58.7 Å². The fraction of sp³-hybridized carbons (Fsp3) is 0.300. The number of pyridine rings is 1. The Bertz CT molecular complexity index is 2440. The van der Waals surface area contributed by atoms with Crippen LogP contribution in [0.15, 0.2) is 107 Å². The maximum atomic E-state index is 15.1. The second-order valence-electron chi connectivity index (χ2n) is 11.9. The molecule has 1 fully saturated rings. The van der Waals surface area contributed by atoms with Crippen molar-refractivity contribution in [3.8, 4) is 11.1 Å². The number of rotatable bonds is 12. The number of alkyl halides is 3. The highest BCUT2D eigenvalue weighted by molar-refractivity contribution is 7.98. The first-order valence-corrected chi connectivity index (χ1v) is 17.1. The van der Waals surface area contributed by atoms with Crippen LogP contribution in [0.3, 0.4) is 0 Å². The number of ether oxygens (including phenoxy) is 1. The second kappa shape index (κ2) is 16.4. The first kappa shape index (κ1) is 27.1. The standard InChI is InChI=1S/C40H38F5N3O3S/c1-51-22-21-46-19-17-32(18-20-46)47(24-27-9-11-28(12-10-27)29-13-15-31(16-14-29)40(43,44)45)37(50)25-48-35-8-3-2-6-33(35)36(49)23-38(48)52-26-30-5-4-7-34(41)39(30)42/h2-16,23,32H,17-22,24-26H2,1H3/i1D3,21D2,24D2,25D2. The largest absolute Gasteiger partial charge is 0.416 e. The van der Waals surface area contributed by atoms with Crippen molar-refractivity contribution in [2.45, 2.75) is 48.8 Å². The smallest absolute Gasteiger partial charge is 0.383 e. The molecule has 1 saturated heterocycles. The van der Waals surface area contributed by atoms with E-state index in [0.717, 1.165) is 45.5 Å². The lowest BCUT2D eigenvalue weighted by atomic mass is 10.00. The van der Waals surface area contributed by atoms with Crippen LogP contribution in [0.2, 0.25) is 0 Å². The minimum atomic E-state index is -4.57. The average Bonchev–Trinajstić information content (AvgIpc) is 3.20. The van der Waals surface area contributed by atoms with Crippen LogP contribution in [0.4, 0.5) is 22.0 Å². The molecule has 272 valence electrons. The molecule has 6 nitrogen and oxygen atoms in total. The van der Waals surface area contributed by atoms with E-state index in [1.54, 1.807) is 0 Å². The Balaban J connectivity index is 1.41. The Kier molecular flexibility index (Phi) is 8.58. The number of piperidine rings is 1. The van der Waals surface area contributed by atoms with Crippen molar-refractivity contribution < 1.29 is 43.8 Å². The minimum absolute atomic E-state index is 0.00342. The van der Waals surface area contributed by atoms with Crippen LogP contribution >= 0.6 is 11.8 Å². The zero-order valence-corrected chi connectivity index (χ0v) is 28.2. The number of carbonyl (C=O) groups excluding carboxylic acids is 1. The summed E-state index contributed by atoms with van der Waals surface area (Å²) in [6.07, 6.45) is -4.81. The van der Waals surface area contributed by atoms with Crippen molar-refractivity contribution in [1.29, 1.82) is 0 Å². The summed E-state index contributed by atoms with van der Waals surface area (Å²) in [6, 6.07) is 19.0. The first-order chi connectivity index (χ1) is 28.4. The number of thioether (sulfide) groups is 1. The van der Waals surface area contributed by atoms with Gasteiger partial charge in [-0.2, -0.15) is 13.2 Å². The number of nitrogens with zero attached hydrogens (tertiary/aromatic N) is 3. The van der Waals surface area contributed by atoms with E-state index >= 15 is 4.79 Å². The van der Waals surface area contributed by atoms with Crippen LogP contribution in [0, 0.1) is 11.6 Å². The lowest BCUT2D eigenvalue weighted by Gasteiger charge is -2.39. The minimum Gasteiger partial charge on any atom is -0.383 e. The molecule has 6 rings (SSSR count). The number of likely N-dealkylation sites (tertiary alicyclic amines) is 1. The number of fused-ring (bicyclic) bond motifs is 1. The molecule has 5 aromatic rings. The molecular formula is C40H38F5N3O3S. The predicted octanol–water partition coefficient (Wildman–Crippen LogP) is 8.40. The molecule has 12 heteroatoms. The van der Waals surface area contributed by atoms with Crippen molar-refractivity contribution in [1.82, 2.24) is 14.4 Å².